The Morgan fingerprint density at radius 2 is 0.382 bits per heavy atom. The maximum atomic E-state index is 13.7. The van der Waals surface area contributed by atoms with Gasteiger partial charge in [0.15, 0.2) is 0 Å². The molecule has 332 valence electrons. The fourth-order valence-corrected chi connectivity index (χ4v) is 18.9. The fourth-order valence-electron chi connectivity index (χ4n) is 9.43. The van der Waals surface area contributed by atoms with E-state index in [1.807, 2.05) is 0 Å². The normalized spacial score (nSPS) is 11.5. The molecule has 0 amide bonds. The van der Waals surface area contributed by atoms with Gasteiger partial charge in [-0.3, -0.25) is 0 Å². The SMILES string of the molecule is Fc1ccc([B-](c2ccc(F)cc2)(c2ccc(F)cc2)c2ccc(F)cc2)cc1.c1ccc(P(=[N+]=P(c2ccccc2)(c2ccccc2)c2ccccc2)(c2ccccc2)c2ccccc2)cc1. The molecule has 10 aromatic carbocycles. The second-order valence-corrected chi connectivity index (χ2v) is 22.8. The zero-order chi connectivity index (χ0) is 46.8. The monoisotopic (exact) mass is 929 g/mol. The Morgan fingerprint density at radius 3 is 0.544 bits per heavy atom. The zero-order valence-corrected chi connectivity index (χ0v) is 38.8. The number of hydrogen-bond donors (Lipinski definition) is 0. The topological polar surface area (TPSA) is 14.1 Å². The van der Waals surface area contributed by atoms with E-state index in [9.17, 15) is 17.6 Å². The lowest BCUT2D eigenvalue weighted by Gasteiger charge is -2.44. The zero-order valence-electron chi connectivity index (χ0n) is 37.0. The van der Waals surface area contributed by atoms with Crippen LogP contribution in [0.3, 0.4) is 0 Å². The third kappa shape index (κ3) is 9.03. The molecule has 0 aliphatic rings. The summed E-state index contributed by atoms with van der Waals surface area (Å²) in [4.78, 5) is 0. The van der Waals surface area contributed by atoms with Crippen LogP contribution in [0.4, 0.5) is 17.6 Å². The average Bonchev–Trinajstić information content (AvgIpc) is 3.41. The number of halogens is 4. The lowest BCUT2D eigenvalue weighted by atomic mass is 9.13. The van der Waals surface area contributed by atoms with Crippen LogP contribution in [0.1, 0.15) is 0 Å². The first-order valence-corrected chi connectivity index (χ1v) is 25.9. The number of nitrogens with zero attached hydrogens (tertiary/aromatic N) is 1. The summed E-state index contributed by atoms with van der Waals surface area (Å²) in [6.45, 7) is 0. The van der Waals surface area contributed by atoms with Crippen LogP contribution in [0.2, 0.25) is 0 Å². The first-order chi connectivity index (χ1) is 33.3. The summed E-state index contributed by atoms with van der Waals surface area (Å²) < 4.78 is 61.2. The highest BCUT2D eigenvalue weighted by Crippen LogP contribution is 2.50. The Bertz CT molecular complexity index is 2800. The quantitative estimate of drug-likeness (QED) is 0.0562. The molecule has 8 heteroatoms. The van der Waals surface area contributed by atoms with E-state index in [1.54, 1.807) is 48.5 Å². The van der Waals surface area contributed by atoms with Crippen molar-refractivity contribution < 1.29 is 17.6 Å². The molecule has 0 saturated heterocycles. The van der Waals surface area contributed by atoms with Crippen molar-refractivity contribution in [2.75, 3.05) is 0 Å². The molecule has 68 heavy (non-hydrogen) atoms. The summed E-state index contributed by atoms with van der Waals surface area (Å²) in [6, 6.07) is 89.7. The first kappa shape index (κ1) is 45.7. The van der Waals surface area contributed by atoms with Gasteiger partial charge in [0.1, 0.15) is 29.4 Å². The lowest BCUT2D eigenvalue weighted by molar-refractivity contribution is 0.628. The van der Waals surface area contributed by atoms with Crippen LogP contribution >= 0.6 is 14.1 Å². The van der Waals surface area contributed by atoms with Gasteiger partial charge in [-0.2, -0.15) is 21.9 Å². The van der Waals surface area contributed by atoms with Crippen LogP contribution in [0, 0.1) is 23.3 Å². The van der Waals surface area contributed by atoms with E-state index in [4.69, 9.17) is 4.17 Å². The van der Waals surface area contributed by atoms with Crippen molar-refractivity contribution in [2.24, 2.45) is 0 Å². The van der Waals surface area contributed by atoms with Gasteiger partial charge in [0.05, 0.1) is 31.8 Å². The van der Waals surface area contributed by atoms with Gasteiger partial charge in [-0.25, -0.2) is 17.6 Å². The van der Waals surface area contributed by atoms with Crippen molar-refractivity contribution >= 4 is 73.9 Å². The molecule has 0 atom stereocenters. The summed E-state index contributed by atoms with van der Waals surface area (Å²) in [5.41, 5.74) is 2.99. The van der Waals surface area contributed by atoms with Crippen LogP contribution in [-0.2, 0) is 0 Å². The predicted molar refractivity (Wildman–Crippen MR) is 282 cm³/mol. The second kappa shape index (κ2) is 20.6. The Labute approximate surface area is 396 Å². The van der Waals surface area contributed by atoms with Crippen molar-refractivity contribution in [1.29, 1.82) is 0 Å². The molecule has 10 rings (SSSR count). The van der Waals surface area contributed by atoms with Gasteiger partial charge in [0, 0.05) is 0 Å². The van der Waals surface area contributed by atoms with Crippen LogP contribution in [0.15, 0.2) is 279 Å². The molecule has 1 nitrogen and oxygen atoms in total. The lowest BCUT2D eigenvalue weighted by Crippen LogP contribution is -2.74. The van der Waals surface area contributed by atoms with Crippen LogP contribution in [0.5, 0.6) is 0 Å². The number of hydrogen-bond acceptors (Lipinski definition) is 0. The molecule has 0 N–H and O–H groups in total. The van der Waals surface area contributed by atoms with E-state index in [2.05, 4.69) is 182 Å². The molecule has 0 spiro atoms. The van der Waals surface area contributed by atoms with Crippen molar-refractivity contribution in [3.8, 4) is 0 Å². The molecule has 0 fully saturated rings. The van der Waals surface area contributed by atoms with E-state index in [1.165, 1.54) is 80.4 Å². The Morgan fingerprint density at radius 1 is 0.221 bits per heavy atom. The van der Waals surface area contributed by atoms with E-state index in [-0.39, 0.29) is 0 Å². The summed E-state index contributed by atoms with van der Waals surface area (Å²) in [6.07, 6.45) is -1.94. The molecule has 0 unspecified atom stereocenters. The van der Waals surface area contributed by atoms with E-state index >= 15 is 0 Å². The van der Waals surface area contributed by atoms with Crippen molar-refractivity contribution in [2.45, 2.75) is 0 Å². The highest BCUT2D eigenvalue weighted by atomic mass is 31.2. The third-order valence-corrected chi connectivity index (χ3v) is 20.9. The van der Waals surface area contributed by atoms with Gasteiger partial charge < -0.3 is 0 Å². The molecule has 0 radical (unpaired) electrons. The van der Waals surface area contributed by atoms with E-state index in [0.29, 0.717) is 0 Å². The highest BCUT2D eigenvalue weighted by molar-refractivity contribution is 7.93. The molecule has 0 bridgehead atoms. The Balaban J connectivity index is 0.000000178. The van der Waals surface area contributed by atoms with Crippen molar-refractivity contribution in [3.63, 3.8) is 0 Å². The van der Waals surface area contributed by atoms with Gasteiger partial charge in [0.25, 0.3) is 0 Å². The maximum absolute atomic E-state index is 13.7. The minimum absolute atomic E-state index is 0.393. The van der Waals surface area contributed by atoms with Crippen LogP contribution < -0.4 is 57.9 Å². The minimum atomic E-state index is -2.50. The van der Waals surface area contributed by atoms with E-state index in [0.717, 1.165) is 21.9 Å². The molecular formula is C60H46BF4NP2. The fraction of sp³-hybridized carbons (Fsp3) is 0. The summed E-state index contributed by atoms with van der Waals surface area (Å²) in [7, 11) is -4.99. The maximum Gasteiger partial charge on any atom is 0.301 e. The van der Waals surface area contributed by atoms with Crippen molar-refractivity contribution in [3.05, 3.63) is 302 Å². The molecule has 0 heterocycles. The largest absolute Gasteiger partial charge is 0.301 e. The molecule has 10 aromatic rings. The first-order valence-electron chi connectivity index (χ1n) is 22.4. The van der Waals surface area contributed by atoms with Gasteiger partial charge >= 0.3 is 14.1 Å². The average molecular weight is 930 g/mol. The molecule has 0 aromatic heterocycles. The van der Waals surface area contributed by atoms with Crippen LogP contribution in [-0.4, -0.2) is 6.15 Å². The summed E-state index contributed by atoms with van der Waals surface area (Å²) >= 11 is 0. The van der Waals surface area contributed by atoms with E-state index < -0.39 is 43.5 Å². The number of benzene rings is 10. The van der Waals surface area contributed by atoms with Gasteiger partial charge in [-0.15, -0.1) is 4.17 Å². The second-order valence-electron chi connectivity index (χ2n) is 16.4. The molecule has 0 aliphatic heterocycles. The molecule has 0 aliphatic carbocycles. The minimum Gasteiger partial charge on any atom is -0.207 e. The summed E-state index contributed by atoms with van der Waals surface area (Å²) in [5.74, 6) is -1.57. The Hall–Kier alpha value is -7.45. The Kier molecular flexibility index (Phi) is 13.8. The van der Waals surface area contributed by atoms with Crippen molar-refractivity contribution in [1.82, 2.24) is 4.17 Å². The predicted octanol–water partition coefficient (Wildman–Crippen LogP) is 10.0. The van der Waals surface area contributed by atoms with Gasteiger partial charge in [-0.1, -0.05) is 158 Å². The summed E-state index contributed by atoms with van der Waals surface area (Å²) in [5, 5.41) is 7.55. The molecular weight excluding hydrogens is 883 g/mol. The molecule has 0 saturated carbocycles. The standard InChI is InChI=1S/C36H30NP2.C24H16BF4/c1-7-19-31(20-8-1)38(32-21-9-2-10-22-32,33-23-11-3-12-24-33)37-39(34-25-13-4-14-26-34,35-27-15-5-16-28-35)36-29-17-6-18-30-36;26-21-9-1-17(2-10-21)25(18-3-11-22(27)12-4-18,19-5-13-23(28)14-6-19)20-7-15-24(29)16-8-20/h1-30H;1-16H/q+1;-1. The van der Waals surface area contributed by atoms with Gasteiger partial charge in [0.2, 0.25) is 0 Å². The smallest absolute Gasteiger partial charge is 0.207 e. The highest BCUT2D eigenvalue weighted by Gasteiger charge is 2.44. The third-order valence-electron chi connectivity index (χ3n) is 12.5. The van der Waals surface area contributed by atoms with Gasteiger partial charge in [-0.05, 0) is 121 Å². The van der Waals surface area contributed by atoms with Crippen LogP contribution in [0.25, 0.3) is 0 Å². The number of rotatable bonds is 10.